The van der Waals surface area contributed by atoms with Gasteiger partial charge in [-0.1, -0.05) is 32.9 Å². The fourth-order valence-corrected chi connectivity index (χ4v) is 2.94. The Morgan fingerprint density at radius 2 is 1.83 bits per heavy atom. The van der Waals surface area contributed by atoms with Crippen LogP contribution in [0.25, 0.3) is 22.6 Å². The standard InChI is InChI=1S/C23H20N2O2.C2H6/c1-2-12-26-20-10-8-17(9-11-20)22-13-18-6-4-3-5-7-21(23(18)27-22)19-14-24-16-25-15-19;1-2/h4-5,7-11,13-16H,2-3,12H2,1H3;1-2H3/b7-5-,23-21-;. The van der Waals surface area contributed by atoms with Crippen molar-refractivity contribution in [1.29, 1.82) is 0 Å². The van der Waals surface area contributed by atoms with Crippen LogP contribution >= 0.6 is 0 Å². The highest BCUT2D eigenvalue weighted by atomic mass is 16.5. The lowest BCUT2D eigenvalue weighted by atomic mass is 10.1. The first-order valence-electron chi connectivity index (χ1n) is 10.1. The summed E-state index contributed by atoms with van der Waals surface area (Å²) in [5.74, 6) is 1.67. The van der Waals surface area contributed by atoms with Crippen LogP contribution in [0, 0.1) is 0 Å². The second kappa shape index (κ2) is 10.3. The summed E-state index contributed by atoms with van der Waals surface area (Å²) in [6, 6.07) is 10.0. The van der Waals surface area contributed by atoms with Gasteiger partial charge in [-0.25, -0.2) is 9.97 Å². The third-order valence-corrected chi connectivity index (χ3v) is 4.26. The number of ether oxygens (including phenoxy) is 1. The molecule has 0 saturated carbocycles. The highest BCUT2D eigenvalue weighted by molar-refractivity contribution is 5.73. The lowest BCUT2D eigenvalue weighted by molar-refractivity contribution is 0.317. The maximum absolute atomic E-state index is 6.25. The van der Waals surface area contributed by atoms with Crippen molar-refractivity contribution in [2.45, 2.75) is 33.6 Å². The molecule has 4 rings (SSSR count). The number of rotatable bonds is 5. The summed E-state index contributed by atoms with van der Waals surface area (Å²) in [4.78, 5) is 8.27. The summed E-state index contributed by atoms with van der Waals surface area (Å²) >= 11 is 0. The summed E-state index contributed by atoms with van der Waals surface area (Å²) in [7, 11) is 0. The predicted octanol–water partition coefficient (Wildman–Crippen LogP) is 4.65. The second-order valence-electron chi connectivity index (χ2n) is 6.25. The van der Waals surface area contributed by atoms with E-state index in [1.165, 1.54) is 6.33 Å². The molecule has 2 aromatic heterocycles. The summed E-state index contributed by atoms with van der Waals surface area (Å²) in [5.41, 5.74) is 6.99. The summed E-state index contributed by atoms with van der Waals surface area (Å²) < 4.78 is 11.9. The van der Waals surface area contributed by atoms with Crippen molar-refractivity contribution in [3.63, 3.8) is 0 Å². The highest BCUT2D eigenvalue weighted by Crippen LogP contribution is 2.21. The normalized spacial score (nSPS) is 15.1. The van der Waals surface area contributed by atoms with E-state index >= 15 is 0 Å². The van der Waals surface area contributed by atoms with Gasteiger partial charge in [0.1, 0.15) is 23.3 Å². The van der Waals surface area contributed by atoms with E-state index in [9.17, 15) is 0 Å². The highest BCUT2D eigenvalue weighted by Gasteiger charge is 2.09. The number of aromatic nitrogens is 2. The van der Waals surface area contributed by atoms with Crippen LogP contribution in [0.1, 0.15) is 39.2 Å². The molecule has 0 amide bonds. The molecule has 0 fully saturated rings. The van der Waals surface area contributed by atoms with Crippen LogP contribution in [0.15, 0.2) is 71.7 Å². The molecule has 0 unspecified atom stereocenters. The van der Waals surface area contributed by atoms with Crippen molar-refractivity contribution in [2.75, 3.05) is 6.61 Å². The van der Waals surface area contributed by atoms with Crippen LogP contribution < -0.4 is 15.4 Å². The number of benzene rings is 1. The number of allylic oxidation sites excluding steroid dienone is 3. The lowest BCUT2D eigenvalue weighted by Gasteiger charge is -2.04. The van der Waals surface area contributed by atoms with Gasteiger partial charge >= 0.3 is 0 Å². The Kier molecular flexibility index (Phi) is 7.21. The molecule has 0 N–H and O–H groups in total. The largest absolute Gasteiger partial charge is 0.494 e. The van der Waals surface area contributed by atoms with Crippen LogP contribution in [0.3, 0.4) is 0 Å². The molecule has 3 aromatic rings. The molecule has 29 heavy (non-hydrogen) atoms. The Balaban J connectivity index is 0.00000117. The molecule has 4 nitrogen and oxygen atoms in total. The van der Waals surface area contributed by atoms with Crippen LogP contribution in [0.2, 0.25) is 0 Å². The number of hydrogen-bond acceptors (Lipinski definition) is 4. The molecule has 0 spiro atoms. The van der Waals surface area contributed by atoms with Gasteiger partial charge in [0.25, 0.3) is 0 Å². The molecule has 0 aliphatic heterocycles. The molecule has 1 aliphatic carbocycles. The Labute approximate surface area is 171 Å². The Hall–Kier alpha value is -3.36. The Morgan fingerprint density at radius 1 is 1.07 bits per heavy atom. The zero-order valence-corrected chi connectivity index (χ0v) is 17.2. The third kappa shape index (κ3) is 4.92. The SMILES string of the molecule is CC.CCCOc1ccc(-c2cc3/c(o2)=C(c2cncnc2)\C=C/CC=C=3)cc1. The monoisotopic (exact) mass is 386 g/mol. The van der Waals surface area contributed by atoms with Crippen molar-refractivity contribution in [1.82, 2.24) is 9.97 Å². The van der Waals surface area contributed by atoms with Crippen molar-refractivity contribution in [3.05, 3.63) is 83.5 Å². The minimum atomic E-state index is 0.720. The van der Waals surface area contributed by atoms with E-state index in [2.05, 4.69) is 34.8 Å². The number of nitrogens with zero attached hydrogens (tertiary/aromatic N) is 2. The zero-order valence-electron chi connectivity index (χ0n) is 17.2. The summed E-state index contributed by atoms with van der Waals surface area (Å²) in [5, 5.41) is 0.930. The van der Waals surface area contributed by atoms with Gasteiger partial charge in [-0.05, 0) is 43.2 Å². The van der Waals surface area contributed by atoms with Crippen LogP contribution in [-0.4, -0.2) is 16.6 Å². The van der Waals surface area contributed by atoms with E-state index in [1.807, 2.05) is 50.3 Å². The topological polar surface area (TPSA) is 48.2 Å². The van der Waals surface area contributed by atoms with E-state index in [-0.39, 0.29) is 0 Å². The Bertz CT molecular complexity index is 1100. The van der Waals surface area contributed by atoms with Gasteiger partial charge in [-0.15, -0.1) is 5.73 Å². The quantitative estimate of drug-likeness (QED) is 0.641. The van der Waals surface area contributed by atoms with E-state index in [0.717, 1.165) is 58.3 Å². The molecule has 0 radical (unpaired) electrons. The van der Waals surface area contributed by atoms with Crippen LogP contribution in [0.4, 0.5) is 0 Å². The van der Waals surface area contributed by atoms with Crippen LogP contribution in [-0.2, 0) is 0 Å². The average molecular weight is 386 g/mol. The van der Waals surface area contributed by atoms with Crippen molar-refractivity contribution in [3.8, 4) is 17.1 Å². The van der Waals surface area contributed by atoms with E-state index in [1.54, 1.807) is 12.4 Å². The zero-order chi connectivity index (χ0) is 20.5. The molecule has 148 valence electrons. The van der Waals surface area contributed by atoms with Gasteiger partial charge in [0.05, 0.1) is 11.8 Å². The van der Waals surface area contributed by atoms with Gasteiger partial charge in [0, 0.05) is 35.2 Å². The molecule has 0 atom stereocenters. The number of hydrogen-bond donors (Lipinski definition) is 0. The molecule has 0 bridgehead atoms. The van der Waals surface area contributed by atoms with Gasteiger partial charge in [0.15, 0.2) is 0 Å². The molecule has 1 aliphatic rings. The first kappa shape index (κ1) is 20.4. The van der Waals surface area contributed by atoms with Gasteiger partial charge in [-0.3, -0.25) is 0 Å². The van der Waals surface area contributed by atoms with E-state index < -0.39 is 0 Å². The molecule has 0 saturated heterocycles. The van der Waals surface area contributed by atoms with E-state index in [4.69, 9.17) is 9.15 Å². The maximum atomic E-state index is 6.25. The lowest BCUT2D eigenvalue weighted by Crippen LogP contribution is -2.21. The Morgan fingerprint density at radius 3 is 2.55 bits per heavy atom. The molecule has 4 heteroatoms. The average Bonchev–Trinajstić information content (AvgIpc) is 3.18. The molecular formula is C25H26N2O2. The van der Waals surface area contributed by atoms with Crippen molar-refractivity contribution in [2.24, 2.45) is 0 Å². The van der Waals surface area contributed by atoms with Crippen molar-refractivity contribution < 1.29 is 9.15 Å². The number of furan rings is 1. The van der Waals surface area contributed by atoms with Gasteiger partial charge < -0.3 is 9.15 Å². The van der Waals surface area contributed by atoms with Crippen molar-refractivity contribution >= 4 is 11.3 Å². The minimum Gasteiger partial charge on any atom is -0.494 e. The fraction of sp³-hybridized carbons (Fsp3) is 0.240. The van der Waals surface area contributed by atoms with Gasteiger partial charge in [-0.2, -0.15) is 0 Å². The predicted molar refractivity (Wildman–Crippen MR) is 117 cm³/mol. The third-order valence-electron chi connectivity index (χ3n) is 4.26. The second-order valence-corrected chi connectivity index (χ2v) is 6.25. The van der Waals surface area contributed by atoms with Gasteiger partial charge in [0.2, 0.25) is 0 Å². The first-order chi connectivity index (χ1) is 14.3. The summed E-state index contributed by atoms with van der Waals surface area (Å²) in [6.45, 7) is 6.81. The first-order valence-corrected chi connectivity index (χ1v) is 10.1. The fourth-order valence-electron chi connectivity index (χ4n) is 2.94. The molecular weight excluding hydrogens is 360 g/mol. The van der Waals surface area contributed by atoms with E-state index in [0.29, 0.717) is 0 Å². The smallest absolute Gasteiger partial charge is 0.150 e. The maximum Gasteiger partial charge on any atom is 0.150 e. The number of fused-ring (bicyclic) bond motifs is 1. The van der Waals surface area contributed by atoms with Crippen LogP contribution in [0.5, 0.6) is 5.75 Å². The minimum absolute atomic E-state index is 0.720. The molecule has 2 heterocycles. The summed E-state index contributed by atoms with van der Waals surface area (Å²) in [6.07, 6.45) is 13.1. The molecule has 1 aromatic carbocycles.